The standard InChI is InChI=1S/C64H50/c1-4-24-47(5-2)53-35-56(50-27-16-8-9-17-28-50)41-61(40-53)63-44-60(59-38-54(48-25-14-6-7-15-26-48)36-55(39-59)49-31-20-12-21-32-49)45-64(46(63)3)62-42-57(51-29-18-10-11-19-30-51)37-58(43-62)52-33-22-13-23-34-52/h4-10,12-16,18-25,27-45H,1-2,11,26H2,3H3/b47-24+. The third kappa shape index (κ3) is 9.25. The van der Waals surface area contributed by atoms with Gasteiger partial charge >= 0.3 is 0 Å². The Kier molecular flexibility index (Phi) is 12.5. The number of hydrogen-bond donors (Lipinski definition) is 0. The van der Waals surface area contributed by atoms with Crippen LogP contribution in [-0.4, -0.2) is 0 Å². The lowest BCUT2D eigenvalue weighted by atomic mass is 9.84. The summed E-state index contributed by atoms with van der Waals surface area (Å²) >= 11 is 0. The van der Waals surface area contributed by atoms with Crippen molar-refractivity contribution in [3.05, 3.63) is 283 Å². The maximum absolute atomic E-state index is 4.22. The third-order valence-corrected chi connectivity index (χ3v) is 12.1. The van der Waals surface area contributed by atoms with Crippen LogP contribution in [0.5, 0.6) is 0 Å². The summed E-state index contributed by atoms with van der Waals surface area (Å²) in [5.41, 5.74) is 25.4. The van der Waals surface area contributed by atoms with E-state index in [0.29, 0.717) is 0 Å². The van der Waals surface area contributed by atoms with Crippen LogP contribution in [0.3, 0.4) is 0 Å². The molecule has 0 radical (unpaired) electrons. The highest BCUT2D eigenvalue weighted by molar-refractivity contribution is 5.93. The molecule has 0 amide bonds. The molecule has 0 nitrogen and oxygen atoms in total. The van der Waals surface area contributed by atoms with E-state index in [0.717, 1.165) is 57.4 Å². The molecule has 0 atom stereocenters. The molecule has 0 unspecified atom stereocenters. The molecule has 9 rings (SSSR count). The van der Waals surface area contributed by atoms with Gasteiger partial charge in [-0.25, -0.2) is 0 Å². The highest BCUT2D eigenvalue weighted by atomic mass is 14.2. The minimum Gasteiger partial charge on any atom is -0.120 e. The lowest BCUT2D eigenvalue weighted by molar-refractivity contribution is 1.39. The smallest absolute Gasteiger partial charge is 0.00884 e. The monoisotopic (exact) mass is 818 g/mol. The summed E-state index contributed by atoms with van der Waals surface area (Å²) in [7, 11) is 0. The van der Waals surface area contributed by atoms with Crippen molar-refractivity contribution in [1.29, 1.82) is 0 Å². The van der Waals surface area contributed by atoms with Gasteiger partial charge < -0.3 is 0 Å². The van der Waals surface area contributed by atoms with Crippen molar-refractivity contribution in [2.75, 3.05) is 0 Å². The van der Waals surface area contributed by atoms with Crippen LogP contribution in [-0.2, 0) is 0 Å². The highest BCUT2D eigenvalue weighted by Gasteiger charge is 2.19. The lowest BCUT2D eigenvalue weighted by Crippen LogP contribution is -1.96. The van der Waals surface area contributed by atoms with Crippen LogP contribution < -0.4 is 0 Å². The summed E-state index contributed by atoms with van der Waals surface area (Å²) in [4.78, 5) is 0. The molecule has 0 aromatic heterocycles. The minimum absolute atomic E-state index is 0.859. The first-order valence-electron chi connectivity index (χ1n) is 22.1. The summed E-state index contributed by atoms with van der Waals surface area (Å²) < 4.78 is 0. The third-order valence-electron chi connectivity index (χ3n) is 12.1. The van der Waals surface area contributed by atoms with Gasteiger partial charge in [-0.05, 0) is 204 Å². The van der Waals surface area contributed by atoms with Crippen molar-refractivity contribution in [2.45, 2.75) is 19.8 Å². The van der Waals surface area contributed by atoms with Crippen molar-refractivity contribution in [3.8, 4) is 55.6 Å². The molecule has 64 heavy (non-hydrogen) atoms. The number of rotatable bonds is 11. The average Bonchev–Trinajstić information content (AvgIpc) is 3.92. The van der Waals surface area contributed by atoms with Crippen LogP contribution >= 0.6 is 0 Å². The quantitative estimate of drug-likeness (QED) is 0.0902. The van der Waals surface area contributed by atoms with Crippen molar-refractivity contribution >= 4 is 22.3 Å². The number of allylic oxidation sites excluding steroid dienone is 21. The number of benzene rings is 6. The van der Waals surface area contributed by atoms with E-state index in [1.807, 2.05) is 30.4 Å². The summed E-state index contributed by atoms with van der Waals surface area (Å²) in [6.45, 7) is 10.6. The summed E-state index contributed by atoms with van der Waals surface area (Å²) in [6.07, 6.45) is 39.8. The molecule has 6 aromatic carbocycles. The highest BCUT2D eigenvalue weighted by Crippen LogP contribution is 2.43. The molecule has 0 heteroatoms. The van der Waals surface area contributed by atoms with E-state index in [9.17, 15) is 0 Å². The van der Waals surface area contributed by atoms with E-state index in [2.05, 4.69) is 232 Å². The molecule has 0 bridgehead atoms. The van der Waals surface area contributed by atoms with Gasteiger partial charge in [0.1, 0.15) is 0 Å². The zero-order valence-electron chi connectivity index (χ0n) is 36.3. The Morgan fingerprint density at radius 2 is 1.08 bits per heavy atom. The van der Waals surface area contributed by atoms with Gasteiger partial charge in [-0.1, -0.05) is 171 Å². The molecule has 3 aliphatic rings. The van der Waals surface area contributed by atoms with Crippen molar-refractivity contribution < 1.29 is 0 Å². The molecule has 0 saturated heterocycles. The Morgan fingerprint density at radius 1 is 0.500 bits per heavy atom. The fourth-order valence-electron chi connectivity index (χ4n) is 8.73. The molecule has 0 saturated carbocycles. The fourth-order valence-corrected chi connectivity index (χ4v) is 8.73. The fraction of sp³-hybridized carbons (Fsp3) is 0.0469. The SMILES string of the molecule is C=C/C=C(\C=C)c1cc(C2=CC=CC=C=C2)cc(-c2cc(-c3cc(C4=CC=CC=CC4)cc(-c4ccccc4)c3)cc(-c3cc(C4=CC=CCC=C4)cc(-c4ccccc4)c3)c2C)c1. The summed E-state index contributed by atoms with van der Waals surface area (Å²) in [6, 6.07) is 47.4. The van der Waals surface area contributed by atoms with Gasteiger partial charge in [0.05, 0.1) is 0 Å². The van der Waals surface area contributed by atoms with Crippen molar-refractivity contribution in [2.24, 2.45) is 0 Å². The largest absolute Gasteiger partial charge is 0.120 e. The van der Waals surface area contributed by atoms with Crippen molar-refractivity contribution in [1.82, 2.24) is 0 Å². The van der Waals surface area contributed by atoms with E-state index in [-0.39, 0.29) is 0 Å². The summed E-state index contributed by atoms with van der Waals surface area (Å²) in [5.74, 6) is 0. The normalized spacial score (nSPS) is 14.3. The van der Waals surface area contributed by atoms with E-state index in [4.69, 9.17) is 0 Å². The molecule has 0 fully saturated rings. The van der Waals surface area contributed by atoms with Gasteiger partial charge in [-0.2, -0.15) is 0 Å². The first-order valence-corrected chi connectivity index (χ1v) is 22.1. The van der Waals surface area contributed by atoms with Gasteiger partial charge in [0.15, 0.2) is 0 Å². The molecule has 0 heterocycles. The topological polar surface area (TPSA) is 0 Å². The maximum atomic E-state index is 4.22. The van der Waals surface area contributed by atoms with Crippen LogP contribution in [0.25, 0.3) is 77.9 Å². The van der Waals surface area contributed by atoms with E-state index >= 15 is 0 Å². The Labute approximate surface area is 379 Å². The average molecular weight is 819 g/mol. The number of hydrogen-bond acceptors (Lipinski definition) is 0. The predicted molar refractivity (Wildman–Crippen MR) is 278 cm³/mol. The van der Waals surface area contributed by atoms with Crippen LogP contribution in [0.2, 0.25) is 0 Å². The van der Waals surface area contributed by atoms with Crippen LogP contribution in [0.4, 0.5) is 0 Å². The second kappa shape index (κ2) is 19.4. The predicted octanol–water partition coefficient (Wildman–Crippen LogP) is 17.5. The zero-order chi connectivity index (χ0) is 43.7. The Hall–Kier alpha value is -8.02. The van der Waals surface area contributed by atoms with E-state index < -0.39 is 0 Å². The zero-order valence-corrected chi connectivity index (χ0v) is 36.3. The van der Waals surface area contributed by atoms with Crippen LogP contribution in [0.15, 0.2) is 256 Å². The maximum Gasteiger partial charge on any atom is -0.00884 e. The van der Waals surface area contributed by atoms with Gasteiger partial charge in [-0.15, -0.1) is 5.73 Å². The van der Waals surface area contributed by atoms with Gasteiger partial charge in [0.25, 0.3) is 0 Å². The first-order chi connectivity index (χ1) is 31.5. The molecule has 306 valence electrons. The summed E-state index contributed by atoms with van der Waals surface area (Å²) in [5, 5.41) is 0. The van der Waals surface area contributed by atoms with Gasteiger partial charge in [-0.3, -0.25) is 0 Å². The molecule has 3 aliphatic carbocycles. The van der Waals surface area contributed by atoms with E-state index in [1.54, 1.807) is 0 Å². The van der Waals surface area contributed by atoms with E-state index in [1.165, 1.54) is 61.2 Å². The second-order valence-corrected chi connectivity index (χ2v) is 16.3. The molecule has 0 N–H and O–H groups in total. The molecular weight excluding hydrogens is 769 g/mol. The van der Waals surface area contributed by atoms with Crippen LogP contribution in [0, 0.1) is 6.92 Å². The molecule has 6 aromatic rings. The first kappa shape index (κ1) is 41.3. The Bertz CT molecular complexity index is 3130. The Balaban J connectivity index is 1.35. The lowest BCUT2D eigenvalue weighted by Gasteiger charge is -2.20. The van der Waals surface area contributed by atoms with Gasteiger partial charge in [0, 0.05) is 0 Å². The second-order valence-electron chi connectivity index (χ2n) is 16.3. The molecule has 0 spiro atoms. The molecule has 0 aliphatic heterocycles. The van der Waals surface area contributed by atoms with Crippen LogP contribution in [0.1, 0.15) is 40.7 Å². The van der Waals surface area contributed by atoms with Gasteiger partial charge in [0.2, 0.25) is 0 Å². The van der Waals surface area contributed by atoms with Crippen molar-refractivity contribution in [3.63, 3.8) is 0 Å². The molecular formula is C64H50. The minimum atomic E-state index is 0.859. The Morgan fingerprint density at radius 3 is 1.80 bits per heavy atom.